The Kier molecular flexibility index (Phi) is 6.78. The van der Waals surface area contributed by atoms with Crippen LogP contribution in [0.5, 0.6) is 0 Å². The van der Waals surface area contributed by atoms with Gasteiger partial charge in [0.05, 0.1) is 10.6 Å². The molecule has 0 saturated heterocycles. The van der Waals surface area contributed by atoms with Crippen LogP contribution in [-0.2, 0) is 10.0 Å². The van der Waals surface area contributed by atoms with E-state index in [4.69, 9.17) is 0 Å². The average Bonchev–Trinajstić information content (AvgIpc) is 3.19. The lowest BCUT2D eigenvalue weighted by molar-refractivity contribution is 0.102. The van der Waals surface area contributed by atoms with E-state index in [0.717, 1.165) is 23.9 Å². The zero-order chi connectivity index (χ0) is 21.7. The molecule has 0 spiro atoms. The molecule has 1 aromatic heterocycles. The highest BCUT2D eigenvalue weighted by Crippen LogP contribution is 2.28. The van der Waals surface area contributed by atoms with E-state index in [1.54, 1.807) is 0 Å². The van der Waals surface area contributed by atoms with E-state index in [1.165, 1.54) is 53.8 Å². The summed E-state index contributed by atoms with van der Waals surface area (Å²) in [5.74, 6) is -0.921. The molecule has 3 aromatic rings. The van der Waals surface area contributed by atoms with Gasteiger partial charge in [-0.2, -0.15) is 0 Å². The lowest BCUT2D eigenvalue weighted by atomic mass is 10.1. The van der Waals surface area contributed by atoms with Crippen LogP contribution < -0.4 is 10.0 Å². The van der Waals surface area contributed by atoms with Crippen LogP contribution in [0.2, 0.25) is 0 Å². The van der Waals surface area contributed by atoms with Crippen LogP contribution in [-0.4, -0.2) is 24.5 Å². The number of hydrogen-bond donors (Lipinski definition) is 2. The molecule has 2 N–H and O–H groups in total. The number of hydrogen-bond acceptors (Lipinski definition) is 6. The number of nitrogens with one attached hydrogen (secondary N) is 2. The zero-order valence-corrected chi connectivity index (χ0v) is 18.1. The Morgan fingerprint density at radius 1 is 1.10 bits per heavy atom. The lowest BCUT2D eigenvalue weighted by Gasteiger charge is -2.10. The van der Waals surface area contributed by atoms with Gasteiger partial charge in [0.2, 0.25) is 5.13 Å². The molecule has 30 heavy (non-hydrogen) atoms. The number of carbonyl (C=O) groups is 1. The normalized spacial score (nSPS) is 11.5. The first-order valence-electron chi connectivity index (χ1n) is 9.36. The molecule has 7 nitrogen and oxygen atoms in total. The molecule has 0 aliphatic rings. The fraction of sp³-hybridized carbons (Fsp3) is 0.250. The summed E-state index contributed by atoms with van der Waals surface area (Å²) in [6, 6.07) is 10.9. The van der Waals surface area contributed by atoms with Crippen molar-refractivity contribution in [2.24, 2.45) is 0 Å². The van der Waals surface area contributed by atoms with Crippen molar-refractivity contribution in [3.05, 3.63) is 64.9 Å². The predicted octanol–water partition coefficient (Wildman–Crippen LogP) is 4.63. The number of sulfonamides is 1. The van der Waals surface area contributed by atoms with Crippen LogP contribution >= 0.6 is 11.3 Å². The van der Waals surface area contributed by atoms with E-state index in [2.05, 4.69) is 34.1 Å². The number of halogens is 1. The van der Waals surface area contributed by atoms with Gasteiger partial charge in [0.25, 0.3) is 15.9 Å². The van der Waals surface area contributed by atoms with Crippen LogP contribution in [0.4, 0.5) is 15.2 Å². The predicted molar refractivity (Wildman–Crippen MR) is 115 cm³/mol. The summed E-state index contributed by atoms with van der Waals surface area (Å²) in [7, 11) is -4.07. The van der Waals surface area contributed by atoms with Crippen molar-refractivity contribution < 1.29 is 17.6 Å². The molecule has 1 amide bonds. The first kappa shape index (κ1) is 21.8. The lowest BCUT2D eigenvalue weighted by Crippen LogP contribution is -2.16. The molecule has 1 heterocycles. The fourth-order valence-corrected chi connectivity index (χ4v) is 4.93. The second kappa shape index (κ2) is 9.31. The van der Waals surface area contributed by atoms with E-state index in [1.807, 2.05) is 0 Å². The van der Waals surface area contributed by atoms with Crippen molar-refractivity contribution in [2.45, 2.75) is 37.5 Å². The Morgan fingerprint density at radius 3 is 2.53 bits per heavy atom. The van der Waals surface area contributed by atoms with Crippen LogP contribution in [0, 0.1) is 5.82 Å². The van der Waals surface area contributed by atoms with Crippen molar-refractivity contribution in [1.82, 2.24) is 10.2 Å². The van der Waals surface area contributed by atoms with E-state index in [9.17, 15) is 17.6 Å². The summed E-state index contributed by atoms with van der Waals surface area (Å²) < 4.78 is 41.2. The molecule has 3 rings (SSSR count). The maximum Gasteiger partial charge on any atom is 0.262 e. The number of carbonyl (C=O) groups excluding carboxylic acids is 1. The number of aromatic nitrogens is 2. The Labute approximate surface area is 178 Å². The molecule has 0 aliphatic heterocycles. The largest absolute Gasteiger partial charge is 0.296 e. The highest BCUT2D eigenvalue weighted by Gasteiger charge is 2.19. The molecule has 0 radical (unpaired) electrons. The fourth-order valence-electron chi connectivity index (χ4n) is 2.81. The average molecular weight is 449 g/mol. The summed E-state index contributed by atoms with van der Waals surface area (Å²) in [4.78, 5) is 12.4. The molecule has 158 valence electrons. The Morgan fingerprint density at radius 2 is 1.83 bits per heavy atom. The number of nitrogens with zero attached hydrogens (tertiary/aromatic N) is 2. The van der Waals surface area contributed by atoms with Gasteiger partial charge in [0, 0.05) is 11.5 Å². The Bertz CT molecular complexity index is 1140. The zero-order valence-electron chi connectivity index (χ0n) is 16.4. The van der Waals surface area contributed by atoms with Gasteiger partial charge in [-0.05, 0) is 43.2 Å². The first-order chi connectivity index (χ1) is 14.3. The minimum atomic E-state index is -4.07. The maximum atomic E-state index is 13.8. The number of amides is 1. The highest BCUT2D eigenvalue weighted by atomic mass is 32.2. The van der Waals surface area contributed by atoms with Gasteiger partial charge >= 0.3 is 0 Å². The molecule has 0 saturated carbocycles. The molecule has 0 aliphatic carbocycles. The van der Waals surface area contributed by atoms with Gasteiger partial charge in [-0.1, -0.05) is 43.4 Å². The van der Waals surface area contributed by atoms with Crippen LogP contribution in [0.25, 0.3) is 0 Å². The van der Waals surface area contributed by atoms with Crippen LogP contribution in [0.1, 0.15) is 48.0 Å². The van der Waals surface area contributed by atoms with Crippen molar-refractivity contribution in [3.63, 3.8) is 0 Å². The number of benzene rings is 2. The molecule has 0 unspecified atom stereocenters. The minimum Gasteiger partial charge on any atom is -0.296 e. The van der Waals surface area contributed by atoms with Gasteiger partial charge in [0.1, 0.15) is 10.8 Å². The maximum absolute atomic E-state index is 13.8. The molecule has 0 atom stereocenters. The summed E-state index contributed by atoms with van der Waals surface area (Å²) in [5.41, 5.74) is -0.0409. The molecule has 0 fully saturated rings. The highest BCUT2D eigenvalue weighted by molar-refractivity contribution is 7.92. The molecule has 10 heteroatoms. The second-order valence-corrected chi connectivity index (χ2v) is 9.22. The van der Waals surface area contributed by atoms with Crippen molar-refractivity contribution in [2.75, 3.05) is 10.0 Å². The van der Waals surface area contributed by atoms with E-state index < -0.39 is 21.7 Å². The van der Waals surface area contributed by atoms with Crippen molar-refractivity contribution in [3.8, 4) is 0 Å². The quantitative estimate of drug-likeness (QED) is 0.523. The third kappa shape index (κ3) is 5.00. The Hall–Kier alpha value is -2.85. The molecular weight excluding hydrogens is 427 g/mol. The first-order valence-corrected chi connectivity index (χ1v) is 11.7. The van der Waals surface area contributed by atoms with Gasteiger partial charge in [-0.25, -0.2) is 12.8 Å². The summed E-state index contributed by atoms with van der Waals surface area (Å²) in [6.45, 7) is 4.13. The minimum absolute atomic E-state index is 0.130. The topological polar surface area (TPSA) is 101 Å². The SMILES string of the molecule is CCC(CC)c1nnc(NC(=O)c2cccc(S(=O)(=O)Nc3ccccc3F)c2)s1. The number of para-hydroxylation sites is 1. The summed E-state index contributed by atoms with van der Waals surface area (Å²) in [6.07, 6.45) is 1.85. The van der Waals surface area contributed by atoms with Crippen molar-refractivity contribution in [1.29, 1.82) is 0 Å². The third-order valence-corrected chi connectivity index (χ3v) is 6.88. The number of anilines is 2. The van der Waals surface area contributed by atoms with Crippen LogP contribution in [0.15, 0.2) is 53.4 Å². The molecular formula is C20H21FN4O3S2. The van der Waals surface area contributed by atoms with Gasteiger partial charge in [-0.3, -0.25) is 14.8 Å². The third-order valence-electron chi connectivity index (χ3n) is 4.52. The van der Waals surface area contributed by atoms with Crippen molar-refractivity contribution >= 4 is 38.1 Å². The Balaban J connectivity index is 1.78. The second-order valence-electron chi connectivity index (χ2n) is 6.53. The van der Waals surface area contributed by atoms with E-state index >= 15 is 0 Å². The van der Waals surface area contributed by atoms with Crippen LogP contribution in [0.3, 0.4) is 0 Å². The molecule has 2 aromatic carbocycles. The van der Waals surface area contributed by atoms with E-state index in [-0.39, 0.29) is 22.1 Å². The molecule has 0 bridgehead atoms. The van der Waals surface area contributed by atoms with Gasteiger partial charge < -0.3 is 0 Å². The summed E-state index contributed by atoms with van der Waals surface area (Å²) in [5, 5.41) is 12.0. The van der Waals surface area contributed by atoms with Gasteiger partial charge in [-0.15, -0.1) is 10.2 Å². The monoisotopic (exact) mass is 448 g/mol. The summed E-state index contributed by atoms with van der Waals surface area (Å²) >= 11 is 1.30. The smallest absolute Gasteiger partial charge is 0.262 e. The standard InChI is InChI=1S/C20H21FN4O3S2/c1-3-13(4-2)19-23-24-20(29-19)22-18(26)14-8-7-9-15(12-14)30(27,28)25-17-11-6-5-10-16(17)21/h5-13,25H,3-4H2,1-2H3,(H,22,24,26). The number of rotatable bonds is 8. The van der Waals surface area contributed by atoms with E-state index in [0.29, 0.717) is 5.13 Å². The van der Waals surface area contributed by atoms with Gasteiger partial charge in [0.15, 0.2) is 0 Å².